The van der Waals surface area contributed by atoms with Gasteiger partial charge in [0.2, 0.25) is 0 Å². The van der Waals surface area contributed by atoms with Crippen LogP contribution in [-0.2, 0) is 11.2 Å². The van der Waals surface area contributed by atoms with Crippen LogP contribution in [0.5, 0.6) is 11.5 Å². The number of hydrogen-bond acceptors (Lipinski definition) is 3. The van der Waals surface area contributed by atoms with Crippen LogP contribution >= 0.6 is 11.6 Å². The Morgan fingerprint density at radius 2 is 1.95 bits per heavy atom. The predicted octanol–water partition coefficient (Wildman–Crippen LogP) is 3.93. The zero-order chi connectivity index (χ0) is 15.9. The van der Waals surface area contributed by atoms with E-state index in [9.17, 15) is 4.79 Å². The lowest BCUT2D eigenvalue weighted by Crippen LogP contribution is -2.20. The van der Waals surface area contributed by atoms with E-state index >= 15 is 0 Å². The summed E-state index contributed by atoms with van der Waals surface area (Å²) in [5.41, 5.74) is 1.59. The van der Waals surface area contributed by atoms with Crippen LogP contribution < -0.4 is 14.8 Å². The summed E-state index contributed by atoms with van der Waals surface area (Å²) in [5.74, 6) is 0.997. The molecule has 2 aromatic rings. The Bertz CT molecular complexity index is 658. The highest BCUT2D eigenvalue weighted by atomic mass is 35.5. The Balaban J connectivity index is 2.00. The molecule has 0 aliphatic heterocycles. The second kappa shape index (κ2) is 7.71. The Labute approximate surface area is 135 Å². The number of carbonyl (C=O) groups excluding carboxylic acids is 1. The largest absolute Gasteiger partial charge is 0.495 e. The van der Waals surface area contributed by atoms with Crippen LogP contribution in [0, 0.1) is 0 Å². The maximum Gasteiger partial charge on any atom is 0.262 e. The second-order valence-corrected chi connectivity index (χ2v) is 5.08. The molecule has 0 bridgehead atoms. The maximum atomic E-state index is 12.0. The Morgan fingerprint density at radius 1 is 1.18 bits per heavy atom. The molecular formula is C17H18ClNO3. The number of benzene rings is 2. The molecule has 0 aliphatic rings. The van der Waals surface area contributed by atoms with Gasteiger partial charge in [0.25, 0.3) is 5.91 Å². The van der Waals surface area contributed by atoms with Crippen molar-refractivity contribution >= 4 is 23.2 Å². The quantitative estimate of drug-likeness (QED) is 0.877. The van der Waals surface area contributed by atoms with Gasteiger partial charge >= 0.3 is 0 Å². The molecule has 1 N–H and O–H groups in total. The van der Waals surface area contributed by atoms with Gasteiger partial charge in [-0.15, -0.1) is 0 Å². The summed E-state index contributed by atoms with van der Waals surface area (Å²) in [4.78, 5) is 12.0. The average molecular weight is 320 g/mol. The van der Waals surface area contributed by atoms with Gasteiger partial charge in [-0.05, 0) is 36.2 Å². The Hall–Kier alpha value is -2.20. The number of anilines is 1. The highest BCUT2D eigenvalue weighted by Crippen LogP contribution is 2.27. The SMILES string of the molecule is CCc1ccccc1OCC(=O)Nc1cc(Cl)ccc1OC. The second-order valence-electron chi connectivity index (χ2n) is 4.64. The van der Waals surface area contributed by atoms with Crippen molar-refractivity contribution in [3.05, 3.63) is 53.1 Å². The summed E-state index contributed by atoms with van der Waals surface area (Å²) >= 11 is 5.93. The zero-order valence-corrected chi connectivity index (χ0v) is 13.3. The van der Waals surface area contributed by atoms with Crippen molar-refractivity contribution in [1.29, 1.82) is 0 Å². The first-order chi connectivity index (χ1) is 10.6. The topological polar surface area (TPSA) is 47.6 Å². The monoisotopic (exact) mass is 319 g/mol. The molecule has 0 saturated heterocycles. The van der Waals surface area contributed by atoms with E-state index in [2.05, 4.69) is 5.32 Å². The zero-order valence-electron chi connectivity index (χ0n) is 12.6. The summed E-state index contributed by atoms with van der Waals surface area (Å²) in [7, 11) is 1.53. The first-order valence-electron chi connectivity index (χ1n) is 6.98. The number of para-hydroxylation sites is 1. The third-order valence-electron chi connectivity index (χ3n) is 3.15. The van der Waals surface area contributed by atoms with Crippen LogP contribution in [0.3, 0.4) is 0 Å². The number of carbonyl (C=O) groups is 1. The molecule has 0 heterocycles. The number of hydrogen-bond donors (Lipinski definition) is 1. The van der Waals surface area contributed by atoms with Crippen molar-refractivity contribution in [2.75, 3.05) is 19.0 Å². The molecular weight excluding hydrogens is 302 g/mol. The lowest BCUT2D eigenvalue weighted by atomic mass is 10.1. The minimum absolute atomic E-state index is 0.0767. The lowest BCUT2D eigenvalue weighted by molar-refractivity contribution is -0.118. The molecule has 0 aliphatic carbocycles. The fourth-order valence-corrected chi connectivity index (χ4v) is 2.22. The molecule has 0 saturated carbocycles. The van der Waals surface area contributed by atoms with Gasteiger partial charge in [-0.1, -0.05) is 36.7 Å². The maximum absolute atomic E-state index is 12.0. The van der Waals surface area contributed by atoms with Crippen molar-refractivity contribution in [1.82, 2.24) is 0 Å². The van der Waals surface area contributed by atoms with Gasteiger partial charge in [0.05, 0.1) is 12.8 Å². The van der Waals surface area contributed by atoms with E-state index in [0.29, 0.717) is 16.5 Å². The van der Waals surface area contributed by atoms with Crippen LogP contribution in [0.2, 0.25) is 5.02 Å². The molecule has 0 radical (unpaired) electrons. The Morgan fingerprint density at radius 3 is 2.68 bits per heavy atom. The summed E-state index contributed by atoms with van der Waals surface area (Å²) in [6, 6.07) is 12.7. The van der Waals surface area contributed by atoms with Crippen molar-refractivity contribution < 1.29 is 14.3 Å². The fourth-order valence-electron chi connectivity index (χ4n) is 2.04. The van der Waals surface area contributed by atoms with E-state index in [1.807, 2.05) is 31.2 Å². The summed E-state index contributed by atoms with van der Waals surface area (Å²) in [5, 5.41) is 3.26. The van der Waals surface area contributed by atoms with Gasteiger partial charge < -0.3 is 14.8 Å². The van der Waals surface area contributed by atoms with Gasteiger partial charge in [0.15, 0.2) is 6.61 Å². The number of halogens is 1. The number of amides is 1. The van der Waals surface area contributed by atoms with E-state index in [1.165, 1.54) is 7.11 Å². The van der Waals surface area contributed by atoms with Crippen molar-refractivity contribution in [2.24, 2.45) is 0 Å². The molecule has 0 spiro atoms. The Kier molecular flexibility index (Phi) is 5.67. The van der Waals surface area contributed by atoms with Gasteiger partial charge in [-0.2, -0.15) is 0 Å². The van der Waals surface area contributed by atoms with Crippen LogP contribution in [0.25, 0.3) is 0 Å². The van der Waals surface area contributed by atoms with Crippen LogP contribution in [-0.4, -0.2) is 19.6 Å². The van der Waals surface area contributed by atoms with Crippen LogP contribution in [0.1, 0.15) is 12.5 Å². The van der Waals surface area contributed by atoms with Gasteiger partial charge in [-0.3, -0.25) is 4.79 Å². The van der Waals surface area contributed by atoms with Gasteiger partial charge in [-0.25, -0.2) is 0 Å². The van der Waals surface area contributed by atoms with E-state index in [-0.39, 0.29) is 12.5 Å². The first-order valence-corrected chi connectivity index (χ1v) is 7.36. The molecule has 4 nitrogen and oxygen atoms in total. The minimum Gasteiger partial charge on any atom is -0.495 e. The van der Waals surface area contributed by atoms with Crippen molar-refractivity contribution in [2.45, 2.75) is 13.3 Å². The summed E-state index contributed by atoms with van der Waals surface area (Å²) in [6.45, 7) is 1.96. The minimum atomic E-state index is -0.272. The van der Waals surface area contributed by atoms with Gasteiger partial charge in [0, 0.05) is 5.02 Å². The molecule has 0 unspecified atom stereocenters. The third-order valence-corrected chi connectivity index (χ3v) is 3.38. The van der Waals surface area contributed by atoms with Crippen LogP contribution in [0.4, 0.5) is 5.69 Å². The molecule has 22 heavy (non-hydrogen) atoms. The number of aryl methyl sites for hydroxylation is 1. The number of nitrogens with one attached hydrogen (secondary N) is 1. The molecule has 1 amide bonds. The molecule has 0 atom stereocenters. The standard InChI is InChI=1S/C17H18ClNO3/c1-3-12-6-4-5-7-15(12)22-11-17(20)19-14-10-13(18)8-9-16(14)21-2/h4-10H,3,11H2,1-2H3,(H,19,20). The molecule has 2 rings (SSSR count). The first kappa shape index (κ1) is 16.2. The normalized spacial score (nSPS) is 10.1. The average Bonchev–Trinajstić information content (AvgIpc) is 2.53. The molecule has 116 valence electrons. The van der Waals surface area contributed by atoms with Crippen molar-refractivity contribution in [3.63, 3.8) is 0 Å². The highest BCUT2D eigenvalue weighted by Gasteiger charge is 2.10. The smallest absolute Gasteiger partial charge is 0.262 e. The van der Waals surface area contributed by atoms with E-state index in [1.54, 1.807) is 18.2 Å². The number of rotatable bonds is 6. The predicted molar refractivity (Wildman–Crippen MR) is 87.9 cm³/mol. The van der Waals surface area contributed by atoms with Gasteiger partial charge in [0.1, 0.15) is 11.5 Å². The van der Waals surface area contributed by atoms with Crippen molar-refractivity contribution in [3.8, 4) is 11.5 Å². The highest BCUT2D eigenvalue weighted by molar-refractivity contribution is 6.31. The van der Waals surface area contributed by atoms with E-state index < -0.39 is 0 Å². The molecule has 2 aromatic carbocycles. The summed E-state index contributed by atoms with van der Waals surface area (Å²) < 4.78 is 10.8. The summed E-state index contributed by atoms with van der Waals surface area (Å²) in [6.07, 6.45) is 0.847. The van der Waals surface area contributed by atoms with E-state index in [0.717, 1.165) is 17.7 Å². The molecule has 0 fully saturated rings. The lowest BCUT2D eigenvalue weighted by Gasteiger charge is -2.12. The van der Waals surface area contributed by atoms with Crippen LogP contribution in [0.15, 0.2) is 42.5 Å². The molecule has 5 heteroatoms. The fraction of sp³-hybridized carbons (Fsp3) is 0.235. The number of methoxy groups -OCH3 is 1. The third kappa shape index (κ3) is 4.15. The van der Waals surface area contributed by atoms with E-state index in [4.69, 9.17) is 21.1 Å². The molecule has 0 aromatic heterocycles. The number of ether oxygens (including phenoxy) is 2.